The minimum Gasteiger partial charge on any atom is -0.369 e. The lowest BCUT2D eigenvalue weighted by atomic mass is 10.3. The molecule has 2 N–H and O–H groups in total. The van der Waals surface area contributed by atoms with Gasteiger partial charge in [0.25, 0.3) is 5.91 Å². The highest BCUT2D eigenvalue weighted by molar-refractivity contribution is 9.10. The second kappa shape index (κ2) is 7.12. The number of nitrogens with one attached hydrogen (secondary N) is 2. The topological polar surface area (TPSA) is 66.9 Å². The molecule has 1 aromatic heterocycles. The summed E-state index contributed by atoms with van der Waals surface area (Å²) >= 11 is 3.19. The first kappa shape index (κ1) is 15.4. The van der Waals surface area contributed by atoms with Crippen LogP contribution in [-0.2, 0) is 0 Å². The van der Waals surface area contributed by atoms with Gasteiger partial charge in [0, 0.05) is 11.0 Å². The highest BCUT2D eigenvalue weighted by Gasteiger charge is 2.10. The van der Waals surface area contributed by atoms with Crippen LogP contribution in [0.15, 0.2) is 35.1 Å². The van der Waals surface area contributed by atoms with E-state index in [1.54, 1.807) is 0 Å². The van der Waals surface area contributed by atoms with Crippen LogP contribution in [0.4, 0.5) is 15.9 Å². The van der Waals surface area contributed by atoms with Crippen molar-refractivity contribution < 1.29 is 9.18 Å². The minimum absolute atomic E-state index is 0.188. The van der Waals surface area contributed by atoms with Gasteiger partial charge in [0.05, 0.1) is 18.1 Å². The van der Waals surface area contributed by atoms with Crippen LogP contribution in [0.1, 0.15) is 23.8 Å². The summed E-state index contributed by atoms with van der Waals surface area (Å²) in [5.74, 6) is -0.167. The summed E-state index contributed by atoms with van der Waals surface area (Å²) in [6, 6.07) is 4.02. The van der Waals surface area contributed by atoms with Gasteiger partial charge in [-0.05, 0) is 40.5 Å². The molecule has 2 aromatic rings. The Morgan fingerprint density at radius 1 is 1.33 bits per heavy atom. The van der Waals surface area contributed by atoms with Gasteiger partial charge in [0.15, 0.2) is 0 Å². The molecule has 0 aliphatic rings. The Morgan fingerprint density at radius 2 is 2.14 bits per heavy atom. The number of hydrogen-bond acceptors (Lipinski definition) is 4. The molecule has 0 fully saturated rings. The summed E-state index contributed by atoms with van der Waals surface area (Å²) in [5.41, 5.74) is 0.657. The van der Waals surface area contributed by atoms with Gasteiger partial charge in [-0.25, -0.2) is 14.4 Å². The summed E-state index contributed by atoms with van der Waals surface area (Å²) < 4.78 is 13.4. The minimum atomic E-state index is -0.406. The average molecular weight is 353 g/mol. The number of amides is 1. The molecule has 1 amide bonds. The van der Waals surface area contributed by atoms with E-state index in [1.165, 1.54) is 30.6 Å². The van der Waals surface area contributed by atoms with Gasteiger partial charge in [0.1, 0.15) is 17.3 Å². The zero-order valence-corrected chi connectivity index (χ0v) is 12.9. The molecule has 1 heterocycles. The zero-order chi connectivity index (χ0) is 15.2. The standard InChI is InChI=1S/C14H14BrFN4O/c1-2-5-17-13-8-18-12(7-19-13)14(21)20-11-4-3-9(16)6-10(11)15/h3-4,6-8H,2,5H2,1H3,(H,17,19)(H,20,21). The fourth-order valence-electron chi connectivity index (χ4n) is 1.57. The first-order valence-electron chi connectivity index (χ1n) is 6.42. The molecule has 0 radical (unpaired) electrons. The van der Waals surface area contributed by atoms with E-state index in [0.29, 0.717) is 16.0 Å². The van der Waals surface area contributed by atoms with Crippen molar-refractivity contribution in [2.75, 3.05) is 17.2 Å². The summed E-state index contributed by atoms with van der Waals surface area (Å²) in [4.78, 5) is 20.2. The predicted octanol–water partition coefficient (Wildman–Crippen LogP) is 3.45. The van der Waals surface area contributed by atoms with Crippen molar-refractivity contribution in [1.29, 1.82) is 0 Å². The normalized spacial score (nSPS) is 10.2. The summed E-state index contributed by atoms with van der Waals surface area (Å²) in [6.07, 6.45) is 3.87. The van der Waals surface area contributed by atoms with E-state index in [-0.39, 0.29) is 11.5 Å². The van der Waals surface area contributed by atoms with Crippen molar-refractivity contribution in [2.45, 2.75) is 13.3 Å². The number of hydrogen-bond donors (Lipinski definition) is 2. The van der Waals surface area contributed by atoms with Crippen LogP contribution in [0, 0.1) is 5.82 Å². The van der Waals surface area contributed by atoms with Crippen LogP contribution in [0.5, 0.6) is 0 Å². The average Bonchev–Trinajstić information content (AvgIpc) is 2.48. The van der Waals surface area contributed by atoms with E-state index in [0.717, 1.165) is 13.0 Å². The maximum atomic E-state index is 13.0. The third-order valence-electron chi connectivity index (χ3n) is 2.62. The quantitative estimate of drug-likeness (QED) is 0.864. The molecule has 0 saturated heterocycles. The number of nitrogens with zero attached hydrogens (tertiary/aromatic N) is 2. The van der Waals surface area contributed by atoms with E-state index >= 15 is 0 Å². The summed E-state index contributed by atoms with van der Waals surface area (Å²) in [6.45, 7) is 2.84. The largest absolute Gasteiger partial charge is 0.369 e. The van der Waals surface area contributed by atoms with Gasteiger partial charge >= 0.3 is 0 Å². The molecule has 0 spiro atoms. The molecule has 7 heteroatoms. The molecule has 0 saturated carbocycles. The SMILES string of the molecule is CCCNc1cnc(C(=O)Nc2ccc(F)cc2Br)cn1. The highest BCUT2D eigenvalue weighted by atomic mass is 79.9. The van der Waals surface area contributed by atoms with E-state index < -0.39 is 5.91 Å². The second-order valence-corrected chi connectivity index (χ2v) is 5.15. The molecular weight excluding hydrogens is 339 g/mol. The van der Waals surface area contributed by atoms with Crippen molar-refractivity contribution in [3.05, 3.63) is 46.6 Å². The number of halogens is 2. The Bertz CT molecular complexity index is 633. The van der Waals surface area contributed by atoms with Gasteiger partial charge in [-0.2, -0.15) is 0 Å². The second-order valence-electron chi connectivity index (χ2n) is 4.29. The summed E-state index contributed by atoms with van der Waals surface area (Å²) in [5, 5.41) is 5.71. The Kier molecular flexibility index (Phi) is 5.21. The number of benzene rings is 1. The maximum Gasteiger partial charge on any atom is 0.275 e. The van der Waals surface area contributed by atoms with E-state index in [9.17, 15) is 9.18 Å². The molecule has 110 valence electrons. The molecule has 1 aromatic carbocycles. The number of anilines is 2. The Labute approximate surface area is 130 Å². The highest BCUT2D eigenvalue weighted by Crippen LogP contribution is 2.23. The molecule has 0 unspecified atom stereocenters. The van der Waals surface area contributed by atoms with Gasteiger partial charge in [-0.15, -0.1) is 0 Å². The van der Waals surface area contributed by atoms with Crippen LogP contribution in [0.25, 0.3) is 0 Å². The molecule has 0 aliphatic carbocycles. The lowest BCUT2D eigenvalue weighted by molar-refractivity contribution is 0.102. The van der Waals surface area contributed by atoms with Crippen molar-refractivity contribution in [1.82, 2.24) is 9.97 Å². The molecule has 0 atom stereocenters. The lowest BCUT2D eigenvalue weighted by Crippen LogP contribution is -2.15. The maximum absolute atomic E-state index is 13.0. The monoisotopic (exact) mass is 352 g/mol. The third kappa shape index (κ3) is 4.22. The molecule has 0 aliphatic heterocycles. The van der Waals surface area contributed by atoms with Crippen molar-refractivity contribution >= 4 is 33.3 Å². The van der Waals surface area contributed by atoms with Crippen LogP contribution in [0.3, 0.4) is 0 Å². The number of carbonyl (C=O) groups is 1. The zero-order valence-electron chi connectivity index (χ0n) is 11.4. The van der Waals surface area contributed by atoms with Crippen LogP contribution >= 0.6 is 15.9 Å². The van der Waals surface area contributed by atoms with E-state index in [4.69, 9.17) is 0 Å². The lowest BCUT2D eigenvalue weighted by Gasteiger charge is -2.07. The molecule has 21 heavy (non-hydrogen) atoms. The molecule has 2 rings (SSSR count). The first-order chi connectivity index (χ1) is 10.1. The Morgan fingerprint density at radius 3 is 2.76 bits per heavy atom. The first-order valence-corrected chi connectivity index (χ1v) is 7.21. The molecule has 5 nitrogen and oxygen atoms in total. The van der Waals surface area contributed by atoms with Gasteiger partial charge in [-0.1, -0.05) is 6.92 Å². The van der Waals surface area contributed by atoms with Crippen molar-refractivity contribution in [3.63, 3.8) is 0 Å². The van der Waals surface area contributed by atoms with Gasteiger partial charge in [-0.3, -0.25) is 4.79 Å². The number of carbonyl (C=O) groups excluding carboxylic acids is 1. The van der Waals surface area contributed by atoms with E-state index in [2.05, 4.69) is 36.5 Å². The number of aromatic nitrogens is 2. The number of rotatable bonds is 5. The van der Waals surface area contributed by atoms with Crippen LogP contribution < -0.4 is 10.6 Å². The summed E-state index contributed by atoms with van der Waals surface area (Å²) in [7, 11) is 0. The van der Waals surface area contributed by atoms with Crippen molar-refractivity contribution in [2.24, 2.45) is 0 Å². The van der Waals surface area contributed by atoms with Gasteiger partial charge in [0.2, 0.25) is 0 Å². The van der Waals surface area contributed by atoms with Crippen LogP contribution in [0.2, 0.25) is 0 Å². The molecule has 0 bridgehead atoms. The fraction of sp³-hybridized carbons (Fsp3) is 0.214. The predicted molar refractivity (Wildman–Crippen MR) is 82.9 cm³/mol. The van der Waals surface area contributed by atoms with Crippen LogP contribution in [-0.4, -0.2) is 22.4 Å². The Hall–Kier alpha value is -2.02. The Balaban J connectivity index is 2.06. The molecular formula is C14H14BrFN4O. The fourth-order valence-corrected chi connectivity index (χ4v) is 2.02. The van der Waals surface area contributed by atoms with Gasteiger partial charge < -0.3 is 10.6 Å². The van der Waals surface area contributed by atoms with E-state index in [1.807, 2.05) is 6.92 Å². The van der Waals surface area contributed by atoms with Crippen molar-refractivity contribution in [3.8, 4) is 0 Å². The third-order valence-corrected chi connectivity index (χ3v) is 3.28. The smallest absolute Gasteiger partial charge is 0.275 e.